The number of benzene rings is 2. The van der Waals surface area contributed by atoms with Gasteiger partial charge in [0, 0.05) is 12.6 Å². The molecule has 2 aliphatic heterocycles. The summed E-state index contributed by atoms with van der Waals surface area (Å²) in [5.74, 6) is 2.72. The third-order valence-corrected chi connectivity index (χ3v) is 6.87. The van der Waals surface area contributed by atoms with Crippen molar-refractivity contribution in [3.05, 3.63) is 68.2 Å². The Hall–Kier alpha value is -2.05. The van der Waals surface area contributed by atoms with Gasteiger partial charge in [0.15, 0.2) is 17.3 Å². The lowest BCUT2D eigenvalue weighted by molar-refractivity contribution is 0.237. The molecule has 0 atom stereocenters. The first-order valence-electron chi connectivity index (χ1n) is 9.33. The number of anilines is 1. The molecular weight excluding hydrogens is 468 g/mol. The molecule has 9 heteroatoms. The van der Waals surface area contributed by atoms with Crippen molar-refractivity contribution in [3.63, 3.8) is 0 Å². The Labute approximate surface area is 193 Å². The predicted octanol–water partition coefficient (Wildman–Crippen LogP) is 6.78. The van der Waals surface area contributed by atoms with E-state index in [9.17, 15) is 0 Å². The van der Waals surface area contributed by atoms with Gasteiger partial charge in [0.2, 0.25) is 5.88 Å². The Bertz CT molecular complexity index is 1250. The number of para-hydroxylation sites is 2. The van der Waals surface area contributed by atoms with E-state index in [1.807, 2.05) is 41.0 Å². The average Bonchev–Trinajstić information content (AvgIpc) is 3.33. The van der Waals surface area contributed by atoms with E-state index in [0.717, 1.165) is 18.0 Å². The van der Waals surface area contributed by atoms with Gasteiger partial charge in [-0.05, 0) is 25.1 Å². The van der Waals surface area contributed by atoms with Crippen molar-refractivity contribution >= 4 is 68.9 Å². The summed E-state index contributed by atoms with van der Waals surface area (Å²) in [5, 5.41) is 1.00. The van der Waals surface area contributed by atoms with Gasteiger partial charge in [-0.15, -0.1) is 0 Å². The van der Waals surface area contributed by atoms with E-state index < -0.39 is 0 Å². The quantitative estimate of drug-likeness (QED) is 0.298. The van der Waals surface area contributed by atoms with Crippen LogP contribution in [0.25, 0.3) is 16.8 Å². The molecular formula is C21H15Cl4N3O2. The molecule has 3 aromatic rings. The molecule has 0 aliphatic carbocycles. The van der Waals surface area contributed by atoms with Crippen LogP contribution in [0.4, 0.5) is 5.69 Å². The van der Waals surface area contributed by atoms with Crippen LogP contribution in [0.2, 0.25) is 20.1 Å². The molecule has 0 N–H and O–H groups in total. The fraction of sp³-hybridized carbons (Fsp3) is 0.190. The Kier molecular flexibility index (Phi) is 5.02. The lowest BCUT2D eigenvalue weighted by Crippen LogP contribution is -2.19. The Balaban J connectivity index is 1.61. The van der Waals surface area contributed by atoms with Gasteiger partial charge in [-0.25, -0.2) is 4.98 Å². The van der Waals surface area contributed by atoms with Crippen molar-refractivity contribution in [1.82, 2.24) is 9.55 Å². The second kappa shape index (κ2) is 7.57. The molecule has 0 fully saturated rings. The first-order chi connectivity index (χ1) is 14.5. The molecule has 0 saturated heterocycles. The van der Waals surface area contributed by atoms with E-state index >= 15 is 0 Å². The van der Waals surface area contributed by atoms with Gasteiger partial charge < -0.3 is 18.9 Å². The molecule has 5 rings (SSSR count). The van der Waals surface area contributed by atoms with Crippen molar-refractivity contribution in [3.8, 4) is 5.75 Å². The van der Waals surface area contributed by atoms with Crippen molar-refractivity contribution in [1.29, 1.82) is 0 Å². The number of hydrogen-bond donors (Lipinski definition) is 0. The van der Waals surface area contributed by atoms with E-state index in [4.69, 9.17) is 55.9 Å². The number of rotatable bonds is 2. The van der Waals surface area contributed by atoms with Crippen molar-refractivity contribution in [2.45, 2.75) is 13.5 Å². The molecule has 5 nitrogen and oxygen atoms in total. The van der Waals surface area contributed by atoms with E-state index in [1.54, 1.807) is 0 Å². The van der Waals surface area contributed by atoms with Crippen LogP contribution >= 0.6 is 46.4 Å². The van der Waals surface area contributed by atoms with Gasteiger partial charge in [0.1, 0.15) is 12.1 Å². The topological polar surface area (TPSA) is 39.5 Å². The van der Waals surface area contributed by atoms with Gasteiger partial charge in [-0.3, -0.25) is 0 Å². The molecule has 0 bridgehead atoms. The monoisotopic (exact) mass is 481 g/mol. The summed E-state index contributed by atoms with van der Waals surface area (Å²) in [4.78, 5) is 6.74. The number of imidazole rings is 1. The summed E-state index contributed by atoms with van der Waals surface area (Å²) in [7, 11) is 0. The molecule has 0 unspecified atom stereocenters. The SMILES string of the molecule is CCN1/C(=C/C=C2\OCCn3c2nc2c(Cl)c(Cl)c(Cl)c(Cl)c23)Oc2ccccc21. The molecule has 1 aromatic heterocycles. The number of nitrogens with zero attached hydrogens (tertiary/aromatic N) is 3. The normalized spacial score (nSPS) is 18.0. The van der Waals surface area contributed by atoms with E-state index in [-0.39, 0.29) is 15.1 Å². The van der Waals surface area contributed by atoms with Gasteiger partial charge in [0.05, 0.1) is 37.8 Å². The fourth-order valence-corrected chi connectivity index (χ4v) is 4.70. The summed E-state index contributed by atoms with van der Waals surface area (Å²) in [6.07, 6.45) is 3.71. The van der Waals surface area contributed by atoms with Crippen molar-refractivity contribution in [2.24, 2.45) is 0 Å². The maximum Gasteiger partial charge on any atom is 0.200 e. The standard InChI is InChI=1S/C21H15Cl4N3O2/c1-2-27-11-5-3-4-6-12(11)30-14(27)8-7-13-21-26-19-17(24)15(22)16(23)18(25)20(19)28(21)9-10-29-13/h3-8H,2,9-10H2,1H3/b13-7-,14-8-. The number of halogens is 4. The Morgan fingerprint density at radius 1 is 1.03 bits per heavy atom. The average molecular weight is 483 g/mol. The van der Waals surface area contributed by atoms with Crippen LogP contribution in [0.3, 0.4) is 0 Å². The van der Waals surface area contributed by atoms with Crippen LogP contribution in [0, 0.1) is 0 Å². The predicted molar refractivity (Wildman–Crippen MR) is 122 cm³/mol. The number of fused-ring (bicyclic) bond motifs is 4. The first-order valence-corrected chi connectivity index (χ1v) is 10.8. The highest BCUT2D eigenvalue weighted by molar-refractivity contribution is 6.55. The maximum atomic E-state index is 6.46. The van der Waals surface area contributed by atoms with Crippen LogP contribution in [-0.2, 0) is 11.3 Å². The Morgan fingerprint density at radius 2 is 1.80 bits per heavy atom. The first kappa shape index (κ1) is 19.9. The Morgan fingerprint density at radius 3 is 2.60 bits per heavy atom. The van der Waals surface area contributed by atoms with Crippen LogP contribution in [-0.4, -0.2) is 22.7 Å². The highest BCUT2D eigenvalue weighted by atomic mass is 35.5. The summed E-state index contributed by atoms with van der Waals surface area (Å²) in [6, 6.07) is 7.91. The lowest BCUT2D eigenvalue weighted by atomic mass is 10.3. The second-order valence-electron chi connectivity index (χ2n) is 6.74. The second-order valence-corrected chi connectivity index (χ2v) is 8.25. The van der Waals surface area contributed by atoms with Crippen molar-refractivity contribution in [2.75, 3.05) is 18.1 Å². The van der Waals surface area contributed by atoms with Gasteiger partial charge in [-0.1, -0.05) is 58.5 Å². The summed E-state index contributed by atoms with van der Waals surface area (Å²) in [5.41, 5.74) is 2.17. The van der Waals surface area contributed by atoms with Crippen LogP contribution in [0.1, 0.15) is 12.7 Å². The summed E-state index contributed by atoms with van der Waals surface area (Å²) >= 11 is 25.3. The number of aromatic nitrogens is 2. The van der Waals surface area contributed by atoms with E-state index in [0.29, 0.717) is 46.7 Å². The minimum absolute atomic E-state index is 0.190. The molecule has 0 spiro atoms. The highest BCUT2D eigenvalue weighted by Crippen LogP contribution is 2.44. The molecule has 154 valence electrons. The van der Waals surface area contributed by atoms with Gasteiger partial charge in [0.25, 0.3) is 0 Å². The minimum atomic E-state index is 0.190. The number of allylic oxidation sites excluding steroid dienone is 2. The highest BCUT2D eigenvalue weighted by Gasteiger charge is 2.27. The minimum Gasteiger partial charge on any atom is -0.488 e. The maximum absolute atomic E-state index is 6.46. The molecule has 2 aromatic carbocycles. The van der Waals surface area contributed by atoms with E-state index in [1.165, 1.54) is 0 Å². The van der Waals surface area contributed by atoms with Gasteiger partial charge in [-0.2, -0.15) is 0 Å². The third kappa shape index (κ3) is 2.95. The molecule has 3 heterocycles. The van der Waals surface area contributed by atoms with E-state index in [2.05, 4.69) is 16.8 Å². The van der Waals surface area contributed by atoms with Gasteiger partial charge >= 0.3 is 0 Å². The lowest BCUT2D eigenvalue weighted by Gasteiger charge is -2.19. The number of ether oxygens (including phenoxy) is 2. The summed E-state index contributed by atoms with van der Waals surface area (Å²) in [6.45, 7) is 3.87. The smallest absolute Gasteiger partial charge is 0.200 e. The largest absolute Gasteiger partial charge is 0.488 e. The zero-order valence-corrected chi connectivity index (χ0v) is 18.8. The number of hydrogen-bond acceptors (Lipinski definition) is 4. The van der Waals surface area contributed by atoms with Crippen molar-refractivity contribution < 1.29 is 9.47 Å². The van der Waals surface area contributed by atoms with Crippen LogP contribution in [0.5, 0.6) is 5.75 Å². The molecule has 2 aliphatic rings. The molecule has 0 saturated carbocycles. The zero-order valence-electron chi connectivity index (χ0n) is 15.8. The molecule has 30 heavy (non-hydrogen) atoms. The summed E-state index contributed by atoms with van der Waals surface area (Å²) < 4.78 is 13.8. The van der Waals surface area contributed by atoms with Crippen LogP contribution < -0.4 is 9.64 Å². The molecule has 0 amide bonds. The zero-order chi connectivity index (χ0) is 21.0. The third-order valence-electron chi connectivity index (χ3n) is 5.08. The molecule has 0 radical (unpaired) electrons. The fourth-order valence-electron chi connectivity index (χ4n) is 3.72. The van der Waals surface area contributed by atoms with Crippen LogP contribution in [0.15, 0.2) is 42.3 Å².